The summed E-state index contributed by atoms with van der Waals surface area (Å²) in [5.41, 5.74) is 0. The Bertz CT molecular complexity index is 567. The fraction of sp³-hybridized carbons (Fsp3) is 0.833. The van der Waals surface area contributed by atoms with E-state index in [1.807, 2.05) is 0 Å². The molecule has 0 heterocycles. The third-order valence-corrected chi connectivity index (χ3v) is 16.5. The summed E-state index contributed by atoms with van der Waals surface area (Å²) in [4.78, 5) is 0. The molecule has 0 saturated heterocycles. The van der Waals surface area contributed by atoms with E-state index in [2.05, 4.69) is 79.9 Å². The van der Waals surface area contributed by atoms with Gasteiger partial charge in [-0.2, -0.15) is 0 Å². The second kappa shape index (κ2) is 9.01. The van der Waals surface area contributed by atoms with Crippen LogP contribution in [0, 0.1) is 0 Å². The number of ether oxygens (including phenoxy) is 1. The van der Waals surface area contributed by atoms with Gasteiger partial charge in [0.1, 0.15) is 0 Å². The maximum absolute atomic E-state index is 6.58. The van der Waals surface area contributed by atoms with Crippen LogP contribution in [0.4, 0.5) is 0 Å². The Kier molecular flexibility index (Phi) is 7.74. The van der Waals surface area contributed by atoms with E-state index in [-0.39, 0.29) is 10.1 Å². The van der Waals surface area contributed by atoms with Crippen LogP contribution in [-0.4, -0.2) is 28.8 Å². The Labute approximate surface area is 182 Å². The molecule has 2 aliphatic rings. The smallest absolute Gasteiger partial charge is 0.192 e. The van der Waals surface area contributed by atoms with E-state index >= 15 is 0 Å². The summed E-state index contributed by atoms with van der Waals surface area (Å²) >= 11 is 0. The molecule has 2 rings (SSSR count). The van der Waals surface area contributed by atoms with Gasteiger partial charge >= 0.3 is 0 Å². The minimum absolute atomic E-state index is 0.267. The second-order valence-electron chi connectivity index (χ2n) is 12.0. The fourth-order valence-corrected chi connectivity index (χ4v) is 6.13. The van der Waals surface area contributed by atoms with E-state index in [9.17, 15) is 0 Å². The highest BCUT2D eigenvalue weighted by Crippen LogP contribution is 2.40. The van der Waals surface area contributed by atoms with E-state index in [1.165, 1.54) is 0 Å². The third-order valence-electron chi connectivity index (χ3n) is 7.44. The van der Waals surface area contributed by atoms with Crippen LogP contribution in [0.3, 0.4) is 0 Å². The minimum Gasteiger partial charge on any atom is -0.467 e. The molecular formula is C24H46O3Si2. The quantitative estimate of drug-likeness (QED) is 0.394. The molecule has 0 aliphatic heterocycles. The van der Waals surface area contributed by atoms with E-state index in [0.717, 1.165) is 50.0 Å². The lowest BCUT2D eigenvalue weighted by atomic mass is 10.0. The van der Waals surface area contributed by atoms with E-state index in [4.69, 9.17) is 13.6 Å². The lowest BCUT2D eigenvalue weighted by Crippen LogP contribution is -2.44. The Hall–Kier alpha value is -0.366. The van der Waals surface area contributed by atoms with Crippen molar-refractivity contribution in [1.29, 1.82) is 0 Å². The Morgan fingerprint density at radius 3 is 1.28 bits per heavy atom. The maximum Gasteiger partial charge on any atom is 0.192 e. The molecule has 0 spiro atoms. The third kappa shape index (κ3) is 6.81. The summed E-state index contributed by atoms with van der Waals surface area (Å²) in [5, 5.41) is 0.535. The summed E-state index contributed by atoms with van der Waals surface area (Å²) in [7, 11) is -3.38. The predicted molar refractivity (Wildman–Crippen MR) is 129 cm³/mol. The van der Waals surface area contributed by atoms with Gasteiger partial charge in [-0.25, -0.2) is 0 Å². The summed E-state index contributed by atoms with van der Waals surface area (Å²) in [5.74, 6) is 2.27. The first-order chi connectivity index (χ1) is 13.1. The van der Waals surface area contributed by atoms with Gasteiger partial charge in [-0.05, 0) is 74.1 Å². The van der Waals surface area contributed by atoms with Gasteiger partial charge in [0, 0.05) is 25.0 Å². The van der Waals surface area contributed by atoms with Crippen LogP contribution in [0.1, 0.15) is 80.1 Å². The molecule has 3 nitrogen and oxygen atoms in total. The van der Waals surface area contributed by atoms with Gasteiger partial charge in [0.2, 0.25) is 0 Å². The largest absolute Gasteiger partial charge is 0.467 e. The highest BCUT2D eigenvalue weighted by molar-refractivity contribution is 6.74. The standard InChI is InChI=1S/C24H46O3Si2/c1-23(2,3)28(7,8)26-21-15-11-19(12-16-21)25-20-13-17-22(18-14-20)27-29(9,10)24(4,5)6/h11,13,21-22H,12,14-18H2,1-10H3. The minimum atomic E-state index is -1.69. The lowest BCUT2D eigenvalue weighted by molar-refractivity contribution is 0.137. The molecule has 0 N–H and O–H groups in total. The first-order valence-electron chi connectivity index (χ1n) is 11.5. The SMILES string of the molecule is CC(C)(C)[Si](C)(C)OC1CC=C(OC2=CCC(O[Si](C)(C)C(C)(C)C)CC2)CC1. The van der Waals surface area contributed by atoms with Crippen molar-refractivity contribution in [1.82, 2.24) is 0 Å². The number of hydrogen-bond donors (Lipinski definition) is 0. The van der Waals surface area contributed by atoms with Crippen molar-refractivity contribution in [2.45, 2.75) is 129 Å². The molecule has 2 atom stereocenters. The van der Waals surface area contributed by atoms with Crippen molar-refractivity contribution >= 4 is 16.6 Å². The van der Waals surface area contributed by atoms with Gasteiger partial charge in [0.25, 0.3) is 0 Å². The van der Waals surface area contributed by atoms with Gasteiger partial charge in [0.15, 0.2) is 16.6 Å². The van der Waals surface area contributed by atoms with E-state index in [1.54, 1.807) is 0 Å². The van der Waals surface area contributed by atoms with Crippen LogP contribution in [0.2, 0.25) is 36.3 Å². The van der Waals surface area contributed by atoms with Crippen molar-refractivity contribution in [2.24, 2.45) is 0 Å². The van der Waals surface area contributed by atoms with Crippen molar-refractivity contribution in [3.8, 4) is 0 Å². The molecule has 0 aromatic carbocycles. The van der Waals surface area contributed by atoms with E-state index in [0.29, 0.717) is 12.2 Å². The Balaban J connectivity index is 1.84. The van der Waals surface area contributed by atoms with Crippen LogP contribution < -0.4 is 0 Å². The average molecular weight is 439 g/mol. The molecule has 2 unspecified atom stereocenters. The van der Waals surface area contributed by atoms with E-state index < -0.39 is 16.6 Å². The Morgan fingerprint density at radius 1 is 0.690 bits per heavy atom. The molecule has 0 aromatic rings. The van der Waals surface area contributed by atoms with Gasteiger partial charge in [-0.1, -0.05) is 41.5 Å². The maximum atomic E-state index is 6.58. The molecule has 0 amide bonds. The second-order valence-corrected chi connectivity index (χ2v) is 21.5. The molecule has 0 radical (unpaired) electrons. The molecule has 2 aliphatic carbocycles. The zero-order chi connectivity index (χ0) is 22.1. The summed E-state index contributed by atoms with van der Waals surface area (Å²) in [6.07, 6.45) is 11.3. The van der Waals surface area contributed by atoms with Crippen molar-refractivity contribution in [3.05, 3.63) is 23.7 Å². The van der Waals surface area contributed by atoms with Gasteiger partial charge in [-0.3, -0.25) is 0 Å². The number of hydrogen-bond acceptors (Lipinski definition) is 3. The highest BCUT2D eigenvalue weighted by Gasteiger charge is 2.40. The summed E-state index contributed by atoms with van der Waals surface area (Å²) in [6, 6.07) is 0. The molecule has 29 heavy (non-hydrogen) atoms. The van der Waals surface area contributed by atoms with Gasteiger partial charge in [-0.15, -0.1) is 0 Å². The fourth-order valence-electron chi connectivity index (χ4n) is 3.33. The first kappa shape index (κ1) is 24.9. The molecule has 0 aromatic heterocycles. The van der Waals surface area contributed by atoms with Crippen molar-refractivity contribution < 1.29 is 13.6 Å². The zero-order valence-corrected chi connectivity index (χ0v) is 22.8. The topological polar surface area (TPSA) is 27.7 Å². The van der Waals surface area contributed by atoms with Crippen LogP contribution >= 0.6 is 0 Å². The molecule has 0 fully saturated rings. The van der Waals surface area contributed by atoms with Crippen LogP contribution in [0.15, 0.2) is 23.7 Å². The monoisotopic (exact) mass is 438 g/mol. The summed E-state index contributed by atoms with van der Waals surface area (Å²) in [6.45, 7) is 23.2. The van der Waals surface area contributed by atoms with Gasteiger partial charge < -0.3 is 13.6 Å². The molecule has 5 heteroatoms. The average Bonchev–Trinajstić information content (AvgIpc) is 2.56. The number of allylic oxidation sites excluding steroid dienone is 2. The number of rotatable bonds is 6. The molecule has 0 saturated carbocycles. The Morgan fingerprint density at radius 2 is 1.03 bits per heavy atom. The highest BCUT2D eigenvalue weighted by atomic mass is 28.4. The van der Waals surface area contributed by atoms with Crippen molar-refractivity contribution in [2.75, 3.05) is 0 Å². The van der Waals surface area contributed by atoms with Crippen LogP contribution in [0.5, 0.6) is 0 Å². The van der Waals surface area contributed by atoms with Crippen LogP contribution in [0.25, 0.3) is 0 Å². The summed E-state index contributed by atoms with van der Waals surface area (Å²) < 4.78 is 19.4. The van der Waals surface area contributed by atoms with Crippen LogP contribution in [-0.2, 0) is 13.6 Å². The first-order valence-corrected chi connectivity index (χ1v) is 17.3. The predicted octanol–water partition coefficient (Wildman–Crippen LogP) is 7.92. The molecule has 168 valence electrons. The van der Waals surface area contributed by atoms with Gasteiger partial charge in [0.05, 0.1) is 11.5 Å². The van der Waals surface area contributed by atoms with Crippen molar-refractivity contribution in [3.63, 3.8) is 0 Å². The zero-order valence-electron chi connectivity index (χ0n) is 20.8. The molecule has 0 bridgehead atoms. The molecular weight excluding hydrogens is 392 g/mol. The normalized spacial score (nSPS) is 24.8. The lowest BCUT2D eigenvalue weighted by Gasteiger charge is -2.40.